The third kappa shape index (κ3) is 1.99. The molecule has 1 unspecified atom stereocenters. The summed E-state index contributed by atoms with van der Waals surface area (Å²) in [5, 5.41) is 16.4. The molecule has 0 bridgehead atoms. The van der Waals surface area contributed by atoms with Crippen LogP contribution in [0.2, 0.25) is 0 Å². The second-order valence-electron chi connectivity index (χ2n) is 3.76. The number of likely N-dealkylation sites (tertiary alicyclic amines) is 1. The fourth-order valence-electron chi connectivity index (χ4n) is 1.88. The van der Waals surface area contributed by atoms with E-state index in [1.807, 2.05) is 4.90 Å². The van der Waals surface area contributed by atoms with Crippen molar-refractivity contribution in [2.75, 3.05) is 6.54 Å². The summed E-state index contributed by atoms with van der Waals surface area (Å²) in [4.78, 5) is 12.8. The first-order valence-electron chi connectivity index (χ1n) is 4.93. The van der Waals surface area contributed by atoms with E-state index in [4.69, 9.17) is 5.11 Å². The van der Waals surface area contributed by atoms with Crippen LogP contribution in [0.4, 0.5) is 0 Å². The predicted molar refractivity (Wildman–Crippen MR) is 50.1 cm³/mol. The van der Waals surface area contributed by atoms with E-state index in [1.165, 1.54) is 0 Å². The summed E-state index contributed by atoms with van der Waals surface area (Å²) in [5.41, 5.74) is 1.45. The summed E-state index contributed by atoms with van der Waals surface area (Å²) >= 11 is 0. The van der Waals surface area contributed by atoms with E-state index in [9.17, 15) is 4.79 Å². The third-order valence-electron chi connectivity index (χ3n) is 2.75. The van der Waals surface area contributed by atoms with Gasteiger partial charge in [-0.1, -0.05) is 10.3 Å². The number of carboxylic acid groups (broad SMARTS) is 1. The van der Waals surface area contributed by atoms with Gasteiger partial charge in [-0.2, -0.15) is 0 Å². The summed E-state index contributed by atoms with van der Waals surface area (Å²) in [6.45, 7) is 3.10. The number of nitrogens with zero attached hydrogens (tertiary/aromatic N) is 3. The van der Waals surface area contributed by atoms with Crippen molar-refractivity contribution >= 4 is 5.97 Å². The lowest BCUT2D eigenvalue weighted by Gasteiger charge is -2.19. The lowest BCUT2D eigenvalue weighted by Crippen LogP contribution is -2.35. The lowest BCUT2D eigenvalue weighted by molar-refractivity contribution is -0.142. The number of carboxylic acids is 1. The molecule has 6 nitrogen and oxygen atoms in total. The van der Waals surface area contributed by atoms with Gasteiger partial charge in [0.1, 0.15) is 17.4 Å². The Balaban J connectivity index is 2.06. The van der Waals surface area contributed by atoms with Gasteiger partial charge in [-0.15, -0.1) is 0 Å². The van der Waals surface area contributed by atoms with Gasteiger partial charge in [-0.25, -0.2) is 4.63 Å². The molecule has 1 N–H and O–H groups in total. The predicted octanol–water partition coefficient (Wildman–Crippen LogP) is 0.427. The van der Waals surface area contributed by atoms with E-state index in [0.29, 0.717) is 13.0 Å². The molecule has 1 aliphatic heterocycles. The Morgan fingerprint density at radius 1 is 1.67 bits per heavy atom. The van der Waals surface area contributed by atoms with Gasteiger partial charge >= 0.3 is 5.97 Å². The Morgan fingerprint density at radius 3 is 3.07 bits per heavy atom. The van der Waals surface area contributed by atoms with Gasteiger partial charge < -0.3 is 5.11 Å². The molecule has 0 aromatic carbocycles. The molecule has 1 aromatic rings. The minimum atomic E-state index is -0.762. The van der Waals surface area contributed by atoms with Crippen LogP contribution in [0, 0.1) is 6.92 Å². The molecular weight excluding hydrogens is 198 g/mol. The second kappa shape index (κ2) is 3.98. The fraction of sp³-hybridized carbons (Fsp3) is 0.667. The maximum absolute atomic E-state index is 10.9. The van der Waals surface area contributed by atoms with Crippen LogP contribution in [-0.2, 0) is 11.3 Å². The minimum absolute atomic E-state index is 0.388. The van der Waals surface area contributed by atoms with Crippen molar-refractivity contribution in [3.05, 3.63) is 11.4 Å². The molecule has 0 spiro atoms. The number of aliphatic carboxylic acids is 1. The zero-order valence-electron chi connectivity index (χ0n) is 8.51. The van der Waals surface area contributed by atoms with Crippen LogP contribution in [0.1, 0.15) is 24.2 Å². The molecule has 0 saturated carbocycles. The summed E-state index contributed by atoms with van der Waals surface area (Å²) in [6, 6.07) is -0.388. The summed E-state index contributed by atoms with van der Waals surface area (Å²) < 4.78 is 4.58. The highest BCUT2D eigenvalue weighted by Gasteiger charge is 2.31. The van der Waals surface area contributed by atoms with E-state index >= 15 is 0 Å². The molecule has 6 heteroatoms. The molecule has 1 aliphatic rings. The summed E-state index contributed by atoms with van der Waals surface area (Å²) in [6.07, 6.45) is 1.63. The standard InChI is InChI=1S/C9H13N3O3/c1-6-7(11-15-10-6)5-12-4-2-3-8(12)9(13)14/h8H,2-5H2,1H3,(H,13,14). The molecule has 2 heterocycles. The number of rotatable bonds is 3. The zero-order chi connectivity index (χ0) is 10.8. The van der Waals surface area contributed by atoms with E-state index < -0.39 is 5.97 Å². The van der Waals surface area contributed by atoms with Crippen LogP contribution < -0.4 is 0 Å². The molecule has 1 fully saturated rings. The van der Waals surface area contributed by atoms with Crippen LogP contribution in [0.3, 0.4) is 0 Å². The van der Waals surface area contributed by atoms with Crippen molar-refractivity contribution in [1.29, 1.82) is 0 Å². The largest absolute Gasteiger partial charge is 0.480 e. The van der Waals surface area contributed by atoms with Gasteiger partial charge in [-0.05, 0) is 26.3 Å². The first-order chi connectivity index (χ1) is 7.18. The number of carbonyl (C=O) groups is 1. The van der Waals surface area contributed by atoms with Gasteiger partial charge in [0.25, 0.3) is 0 Å². The lowest BCUT2D eigenvalue weighted by atomic mass is 10.2. The van der Waals surface area contributed by atoms with Gasteiger partial charge in [-0.3, -0.25) is 9.69 Å². The highest BCUT2D eigenvalue weighted by Crippen LogP contribution is 2.20. The monoisotopic (exact) mass is 211 g/mol. The first kappa shape index (κ1) is 10.1. The smallest absolute Gasteiger partial charge is 0.320 e. The van der Waals surface area contributed by atoms with Gasteiger partial charge in [0.15, 0.2) is 0 Å². The maximum atomic E-state index is 10.9. The van der Waals surface area contributed by atoms with Crippen molar-refractivity contribution in [3.63, 3.8) is 0 Å². The van der Waals surface area contributed by atoms with Crippen LogP contribution in [0.5, 0.6) is 0 Å². The van der Waals surface area contributed by atoms with E-state index in [2.05, 4.69) is 14.9 Å². The van der Waals surface area contributed by atoms with Crippen molar-refractivity contribution < 1.29 is 14.5 Å². The Bertz CT molecular complexity index is 363. The molecule has 0 amide bonds. The van der Waals surface area contributed by atoms with E-state index in [1.54, 1.807) is 6.92 Å². The van der Waals surface area contributed by atoms with Gasteiger partial charge in [0, 0.05) is 6.54 Å². The van der Waals surface area contributed by atoms with Gasteiger partial charge in [0.05, 0.1) is 0 Å². The molecular formula is C9H13N3O3. The van der Waals surface area contributed by atoms with Gasteiger partial charge in [0.2, 0.25) is 0 Å². The molecule has 0 aliphatic carbocycles. The quantitative estimate of drug-likeness (QED) is 0.780. The molecule has 82 valence electrons. The molecule has 1 atom stereocenters. The number of hydrogen-bond acceptors (Lipinski definition) is 5. The molecule has 1 saturated heterocycles. The first-order valence-corrected chi connectivity index (χ1v) is 4.93. The Morgan fingerprint density at radius 2 is 2.47 bits per heavy atom. The Kier molecular flexibility index (Phi) is 2.68. The average Bonchev–Trinajstić information content (AvgIpc) is 2.77. The maximum Gasteiger partial charge on any atom is 0.320 e. The van der Waals surface area contributed by atoms with Crippen LogP contribution in [0.25, 0.3) is 0 Å². The summed E-state index contributed by atoms with van der Waals surface area (Å²) in [7, 11) is 0. The molecule has 1 aromatic heterocycles. The Hall–Kier alpha value is -1.43. The normalized spacial score (nSPS) is 22.1. The van der Waals surface area contributed by atoms with E-state index in [0.717, 1.165) is 24.4 Å². The molecule has 2 rings (SSSR count). The highest BCUT2D eigenvalue weighted by atomic mass is 16.6. The molecule has 0 radical (unpaired) electrons. The number of hydrogen-bond donors (Lipinski definition) is 1. The highest BCUT2D eigenvalue weighted by molar-refractivity contribution is 5.73. The fourth-order valence-corrected chi connectivity index (χ4v) is 1.88. The van der Waals surface area contributed by atoms with Crippen LogP contribution in [-0.4, -0.2) is 38.9 Å². The third-order valence-corrected chi connectivity index (χ3v) is 2.75. The van der Waals surface area contributed by atoms with Crippen LogP contribution >= 0.6 is 0 Å². The van der Waals surface area contributed by atoms with Crippen molar-refractivity contribution in [2.24, 2.45) is 0 Å². The Labute approximate surface area is 86.8 Å². The van der Waals surface area contributed by atoms with E-state index in [-0.39, 0.29) is 6.04 Å². The van der Waals surface area contributed by atoms with Crippen molar-refractivity contribution in [2.45, 2.75) is 32.4 Å². The minimum Gasteiger partial charge on any atom is -0.480 e. The summed E-state index contributed by atoms with van der Waals surface area (Å²) in [5.74, 6) is -0.762. The average molecular weight is 211 g/mol. The van der Waals surface area contributed by atoms with Crippen LogP contribution in [0.15, 0.2) is 4.63 Å². The number of aryl methyl sites for hydroxylation is 1. The van der Waals surface area contributed by atoms with Crippen molar-refractivity contribution in [3.8, 4) is 0 Å². The topological polar surface area (TPSA) is 79.5 Å². The molecule has 15 heavy (non-hydrogen) atoms. The SMILES string of the molecule is Cc1nonc1CN1CCCC1C(=O)O. The van der Waals surface area contributed by atoms with Crippen molar-refractivity contribution in [1.82, 2.24) is 15.2 Å². The zero-order valence-corrected chi connectivity index (χ0v) is 8.51. The second-order valence-corrected chi connectivity index (χ2v) is 3.76. The number of aromatic nitrogens is 2.